The fourth-order valence-electron chi connectivity index (χ4n) is 1.55. The van der Waals surface area contributed by atoms with E-state index in [4.69, 9.17) is 11.6 Å². The normalized spacial score (nSPS) is 10.3. The molecule has 1 aromatic heterocycles. The van der Waals surface area contributed by atoms with Crippen LogP contribution in [0.25, 0.3) is 0 Å². The van der Waals surface area contributed by atoms with Crippen LogP contribution >= 0.6 is 23.4 Å². The summed E-state index contributed by atoms with van der Waals surface area (Å²) in [6.07, 6.45) is 1.92. The van der Waals surface area contributed by atoms with E-state index in [0.29, 0.717) is 6.54 Å². The monoisotopic (exact) mass is 278 g/mol. The Balaban J connectivity index is 2.23. The van der Waals surface area contributed by atoms with Gasteiger partial charge in [-0.25, -0.2) is 0 Å². The van der Waals surface area contributed by atoms with E-state index in [0.717, 1.165) is 14.9 Å². The lowest BCUT2D eigenvalue weighted by atomic mass is 10.4. The quantitative estimate of drug-likeness (QED) is 0.800. The summed E-state index contributed by atoms with van der Waals surface area (Å²) in [7, 11) is 0. The average molecular weight is 279 g/mol. The maximum Gasteiger partial charge on any atom is 0.245 e. The van der Waals surface area contributed by atoms with Crippen LogP contribution in [0.15, 0.2) is 58.6 Å². The van der Waals surface area contributed by atoms with Gasteiger partial charge in [-0.2, -0.15) is 4.57 Å². The number of hydrogen-bond donors (Lipinski definition) is 0. The molecule has 0 aliphatic rings. The summed E-state index contributed by atoms with van der Waals surface area (Å²) in [6, 6.07) is 13.6. The van der Waals surface area contributed by atoms with Gasteiger partial charge in [0.05, 0.1) is 0 Å². The predicted octanol–water partition coefficient (Wildman–Crippen LogP) is 3.37. The summed E-state index contributed by atoms with van der Waals surface area (Å²) in [5.74, 6) is 0.143. The molecule has 0 saturated heterocycles. The third-order valence-electron chi connectivity index (χ3n) is 2.33. The molecular formula is C14H13ClNOS+. The topological polar surface area (TPSA) is 20.9 Å². The fraction of sp³-hybridized carbons (Fsp3) is 0.143. The van der Waals surface area contributed by atoms with Crippen LogP contribution in [0.2, 0.25) is 5.02 Å². The van der Waals surface area contributed by atoms with Crippen LogP contribution < -0.4 is 4.57 Å². The van der Waals surface area contributed by atoms with Crippen molar-refractivity contribution >= 4 is 29.1 Å². The van der Waals surface area contributed by atoms with Gasteiger partial charge in [0, 0.05) is 29.0 Å². The van der Waals surface area contributed by atoms with Crippen molar-refractivity contribution in [3.63, 3.8) is 0 Å². The van der Waals surface area contributed by atoms with E-state index in [2.05, 4.69) is 0 Å². The number of Topliss-reactive ketones (excluding diaryl/α,β-unsaturated/α-hetero) is 1. The highest BCUT2D eigenvalue weighted by molar-refractivity contribution is 7.99. The van der Waals surface area contributed by atoms with Crippen molar-refractivity contribution in [2.24, 2.45) is 0 Å². The molecule has 4 heteroatoms. The molecule has 0 unspecified atom stereocenters. The zero-order chi connectivity index (χ0) is 13.0. The van der Waals surface area contributed by atoms with Crippen LogP contribution in [-0.2, 0) is 11.3 Å². The fourth-order valence-corrected chi connectivity index (χ4v) is 2.58. The van der Waals surface area contributed by atoms with Gasteiger partial charge in [-0.3, -0.25) is 4.79 Å². The summed E-state index contributed by atoms with van der Waals surface area (Å²) in [6.45, 7) is 1.99. The van der Waals surface area contributed by atoms with Crippen molar-refractivity contribution in [3.8, 4) is 0 Å². The molecule has 0 spiro atoms. The minimum absolute atomic E-state index is 0.143. The van der Waals surface area contributed by atoms with Crippen molar-refractivity contribution < 1.29 is 9.36 Å². The standard InChI is InChI=1S/C14H13ClNOS/c1-11(17)10-16-9-3-2-4-14(16)18-13-7-5-12(15)6-8-13/h2-9H,10H2,1H3/q+1. The number of benzene rings is 1. The first kappa shape index (κ1) is 13.1. The van der Waals surface area contributed by atoms with Crippen LogP contribution in [0, 0.1) is 0 Å². The highest BCUT2D eigenvalue weighted by atomic mass is 35.5. The number of nitrogens with zero attached hydrogens (tertiary/aromatic N) is 1. The van der Waals surface area contributed by atoms with Crippen molar-refractivity contribution in [2.45, 2.75) is 23.4 Å². The number of carbonyl (C=O) groups is 1. The Hall–Kier alpha value is -1.32. The number of carbonyl (C=O) groups excluding carboxylic acids is 1. The summed E-state index contributed by atoms with van der Waals surface area (Å²) in [5, 5.41) is 1.76. The Morgan fingerprint density at radius 3 is 2.61 bits per heavy atom. The van der Waals surface area contributed by atoms with Crippen LogP contribution in [0.1, 0.15) is 6.92 Å². The summed E-state index contributed by atoms with van der Waals surface area (Å²) >= 11 is 7.47. The molecule has 1 aromatic carbocycles. The van der Waals surface area contributed by atoms with E-state index in [-0.39, 0.29) is 5.78 Å². The van der Waals surface area contributed by atoms with Gasteiger partial charge in [0.15, 0.2) is 12.0 Å². The number of hydrogen-bond acceptors (Lipinski definition) is 2. The van der Waals surface area contributed by atoms with Crippen LogP contribution in [0.3, 0.4) is 0 Å². The summed E-state index contributed by atoms with van der Waals surface area (Å²) < 4.78 is 1.95. The first-order valence-electron chi connectivity index (χ1n) is 5.56. The summed E-state index contributed by atoms with van der Waals surface area (Å²) in [5.41, 5.74) is 0. The first-order valence-corrected chi connectivity index (χ1v) is 6.76. The van der Waals surface area contributed by atoms with Gasteiger partial charge in [-0.1, -0.05) is 11.6 Å². The van der Waals surface area contributed by atoms with E-state index in [1.165, 1.54) is 0 Å². The van der Waals surface area contributed by atoms with Crippen molar-refractivity contribution in [3.05, 3.63) is 53.7 Å². The predicted molar refractivity (Wildman–Crippen MR) is 72.9 cm³/mol. The number of ketones is 1. The molecule has 2 rings (SSSR count). The Kier molecular flexibility index (Phi) is 4.39. The van der Waals surface area contributed by atoms with Gasteiger partial charge in [0.1, 0.15) is 0 Å². The summed E-state index contributed by atoms with van der Waals surface area (Å²) in [4.78, 5) is 12.3. The van der Waals surface area contributed by atoms with Gasteiger partial charge in [0.25, 0.3) is 0 Å². The number of halogens is 1. The molecule has 18 heavy (non-hydrogen) atoms. The molecule has 1 heterocycles. The van der Waals surface area contributed by atoms with Gasteiger partial charge in [-0.05, 0) is 42.1 Å². The van der Waals surface area contributed by atoms with E-state index in [9.17, 15) is 4.79 Å². The molecule has 0 N–H and O–H groups in total. The largest absolute Gasteiger partial charge is 0.293 e. The van der Waals surface area contributed by atoms with E-state index < -0.39 is 0 Å². The molecule has 0 amide bonds. The van der Waals surface area contributed by atoms with Crippen molar-refractivity contribution in [1.29, 1.82) is 0 Å². The van der Waals surface area contributed by atoms with Crippen LogP contribution in [0.5, 0.6) is 0 Å². The van der Waals surface area contributed by atoms with Gasteiger partial charge in [0.2, 0.25) is 11.6 Å². The maximum atomic E-state index is 11.2. The van der Waals surface area contributed by atoms with Crippen LogP contribution in [-0.4, -0.2) is 5.78 Å². The lowest BCUT2D eigenvalue weighted by Crippen LogP contribution is -2.38. The molecule has 92 valence electrons. The Morgan fingerprint density at radius 2 is 1.94 bits per heavy atom. The third kappa shape index (κ3) is 3.59. The first-order chi connectivity index (χ1) is 8.65. The maximum absolute atomic E-state index is 11.2. The number of rotatable bonds is 4. The Bertz CT molecular complexity index is 554. The lowest BCUT2D eigenvalue weighted by molar-refractivity contribution is -0.720. The second-order valence-corrected chi connectivity index (χ2v) is 5.46. The molecule has 0 fully saturated rings. The zero-order valence-corrected chi connectivity index (χ0v) is 11.5. The van der Waals surface area contributed by atoms with Crippen molar-refractivity contribution in [2.75, 3.05) is 0 Å². The molecule has 2 aromatic rings. The van der Waals surface area contributed by atoms with Crippen LogP contribution in [0.4, 0.5) is 0 Å². The van der Waals surface area contributed by atoms with Crippen molar-refractivity contribution in [1.82, 2.24) is 0 Å². The second kappa shape index (κ2) is 6.03. The van der Waals surface area contributed by atoms with E-state index in [1.54, 1.807) is 18.7 Å². The molecule has 0 aliphatic carbocycles. The molecular weight excluding hydrogens is 266 g/mol. The third-order valence-corrected chi connectivity index (χ3v) is 3.67. The minimum atomic E-state index is 0.143. The highest BCUT2D eigenvalue weighted by Gasteiger charge is 2.12. The SMILES string of the molecule is CC(=O)C[n+]1ccccc1Sc1ccc(Cl)cc1. The Morgan fingerprint density at radius 1 is 1.22 bits per heavy atom. The molecule has 0 saturated carbocycles. The van der Waals surface area contributed by atoms with Gasteiger partial charge < -0.3 is 0 Å². The van der Waals surface area contributed by atoms with E-state index >= 15 is 0 Å². The zero-order valence-electron chi connectivity index (χ0n) is 9.97. The molecule has 0 radical (unpaired) electrons. The molecule has 0 atom stereocenters. The smallest absolute Gasteiger partial charge is 0.245 e. The minimum Gasteiger partial charge on any atom is -0.293 e. The lowest BCUT2D eigenvalue weighted by Gasteiger charge is -2.02. The average Bonchev–Trinajstić information content (AvgIpc) is 2.34. The number of aromatic nitrogens is 1. The molecule has 2 nitrogen and oxygen atoms in total. The van der Waals surface area contributed by atoms with E-state index in [1.807, 2.05) is 53.2 Å². The van der Waals surface area contributed by atoms with Gasteiger partial charge in [-0.15, -0.1) is 0 Å². The number of pyridine rings is 1. The second-order valence-electron chi connectivity index (χ2n) is 3.92. The van der Waals surface area contributed by atoms with Gasteiger partial charge >= 0.3 is 0 Å². The Labute approximate surface area is 116 Å². The molecule has 0 aliphatic heterocycles. The molecule has 0 bridgehead atoms. The highest BCUT2D eigenvalue weighted by Crippen LogP contribution is 2.25.